The van der Waals surface area contributed by atoms with E-state index in [9.17, 15) is 4.79 Å². The number of allylic oxidation sites excluding steroid dienone is 2. The van der Waals surface area contributed by atoms with Gasteiger partial charge in [0.05, 0.1) is 12.8 Å². The number of hydrogen-bond acceptors (Lipinski definition) is 3. The molecular weight excluding hydrogens is 228 g/mol. The fourth-order valence-corrected chi connectivity index (χ4v) is 1.81. The first-order valence-corrected chi connectivity index (χ1v) is 5.78. The van der Waals surface area contributed by atoms with Gasteiger partial charge in [0.15, 0.2) is 0 Å². The lowest BCUT2D eigenvalue weighted by Crippen LogP contribution is -2.21. The van der Waals surface area contributed by atoms with Gasteiger partial charge in [0.25, 0.3) is 5.91 Å². The van der Waals surface area contributed by atoms with Crippen LogP contribution in [0.2, 0.25) is 0 Å². The number of hydrogen-bond donors (Lipinski definition) is 2. The van der Waals surface area contributed by atoms with Crippen LogP contribution in [0.5, 0.6) is 5.75 Å². The van der Waals surface area contributed by atoms with Gasteiger partial charge in [0.1, 0.15) is 5.75 Å². The van der Waals surface area contributed by atoms with Gasteiger partial charge in [-0.1, -0.05) is 18.2 Å². The fraction of sp³-hybridized carbons (Fsp3) is 0.214. The van der Waals surface area contributed by atoms with Crippen LogP contribution in [0.25, 0.3) is 0 Å². The Bertz CT molecular complexity index is 518. The SMILES string of the molecule is COc1ccccc1NC(=O)C1=C(C)NC=CC1. The van der Waals surface area contributed by atoms with Gasteiger partial charge in [0, 0.05) is 11.3 Å². The smallest absolute Gasteiger partial charge is 0.253 e. The summed E-state index contributed by atoms with van der Waals surface area (Å²) in [4.78, 5) is 12.1. The molecule has 94 valence electrons. The third-order valence-electron chi connectivity index (χ3n) is 2.82. The standard InChI is InChI=1S/C14H16N2O2/c1-10-11(6-5-9-15-10)14(17)16-12-7-3-4-8-13(12)18-2/h3-5,7-9,15H,6H2,1-2H3,(H,16,17). The van der Waals surface area contributed by atoms with E-state index in [0.717, 1.165) is 11.3 Å². The van der Waals surface area contributed by atoms with Crippen LogP contribution < -0.4 is 15.4 Å². The first-order valence-electron chi connectivity index (χ1n) is 5.78. The van der Waals surface area contributed by atoms with E-state index in [2.05, 4.69) is 10.6 Å². The fourth-order valence-electron chi connectivity index (χ4n) is 1.81. The Hall–Kier alpha value is -2.23. The van der Waals surface area contributed by atoms with E-state index in [1.54, 1.807) is 7.11 Å². The number of rotatable bonds is 3. The molecule has 0 aromatic heterocycles. The summed E-state index contributed by atoms with van der Waals surface area (Å²) in [7, 11) is 1.58. The summed E-state index contributed by atoms with van der Waals surface area (Å²) in [6, 6.07) is 7.36. The molecule has 18 heavy (non-hydrogen) atoms. The molecule has 0 radical (unpaired) electrons. The van der Waals surface area contributed by atoms with Gasteiger partial charge < -0.3 is 15.4 Å². The van der Waals surface area contributed by atoms with E-state index in [1.807, 2.05) is 43.5 Å². The predicted octanol–water partition coefficient (Wildman–Crippen LogP) is 2.41. The van der Waals surface area contributed by atoms with Crippen LogP contribution in [0.4, 0.5) is 5.69 Å². The Balaban J connectivity index is 2.16. The van der Waals surface area contributed by atoms with E-state index in [0.29, 0.717) is 17.9 Å². The molecule has 0 aliphatic carbocycles. The summed E-state index contributed by atoms with van der Waals surface area (Å²) >= 11 is 0. The minimum atomic E-state index is -0.103. The van der Waals surface area contributed by atoms with Gasteiger partial charge in [-0.3, -0.25) is 4.79 Å². The molecular formula is C14H16N2O2. The molecule has 1 aliphatic heterocycles. The van der Waals surface area contributed by atoms with Crippen molar-refractivity contribution in [2.45, 2.75) is 13.3 Å². The number of dihydropyridines is 1. The molecule has 2 rings (SSSR count). The van der Waals surface area contributed by atoms with Crippen molar-refractivity contribution in [1.29, 1.82) is 0 Å². The molecule has 0 spiro atoms. The van der Waals surface area contributed by atoms with E-state index in [1.165, 1.54) is 0 Å². The Morgan fingerprint density at radius 2 is 2.17 bits per heavy atom. The summed E-state index contributed by atoms with van der Waals surface area (Å²) < 4.78 is 5.20. The van der Waals surface area contributed by atoms with Crippen molar-refractivity contribution in [3.63, 3.8) is 0 Å². The lowest BCUT2D eigenvalue weighted by molar-refractivity contribution is -0.113. The second kappa shape index (κ2) is 5.40. The minimum absolute atomic E-state index is 0.103. The summed E-state index contributed by atoms with van der Waals surface area (Å²) in [6.07, 6.45) is 4.40. The van der Waals surface area contributed by atoms with Crippen molar-refractivity contribution in [2.75, 3.05) is 12.4 Å². The zero-order valence-electron chi connectivity index (χ0n) is 10.5. The summed E-state index contributed by atoms with van der Waals surface area (Å²) in [6.45, 7) is 1.89. The van der Waals surface area contributed by atoms with Crippen LogP contribution in [-0.2, 0) is 4.79 Å². The van der Waals surface area contributed by atoms with Crippen LogP contribution in [0.3, 0.4) is 0 Å². The van der Waals surface area contributed by atoms with Gasteiger partial charge in [0.2, 0.25) is 0 Å². The van der Waals surface area contributed by atoms with Gasteiger partial charge >= 0.3 is 0 Å². The number of para-hydroxylation sites is 2. The quantitative estimate of drug-likeness (QED) is 0.858. The molecule has 0 atom stereocenters. The summed E-state index contributed by atoms with van der Waals surface area (Å²) in [5.74, 6) is 0.553. The van der Waals surface area contributed by atoms with Gasteiger partial charge in [-0.05, 0) is 31.7 Å². The maximum absolute atomic E-state index is 12.1. The van der Waals surface area contributed by atoms with Gasteiger partial charge in [-0.25, -0.2) is 0 Å². The first kappa shape index (κ1) is 12.2. The Labute approximate surface area is 106 Å². The molecule has 0 fully saturated rings. The van der Waals surface area contributed by atoms with Crippen molar-refractivity contribution >= 4 is 11.6 Å². The van der Waals surface area contributed by atoms with E-state index < -0.39 is 0 Å². The first-order chi connectivity index (χ1) is 8.72. The van der Waals surface area contributed by atoms with Crippen molar-refractivity contribution in [1.82, 2.24) is 5.32 Å². The van der Waals surface area contributed by atoms with Gasteiger partial charge in [-0.15, -0.1) is 0 Å². The second-order valence-electron chi connectivity index (χ2n) is 4.01. The number of amides is 1. The number of ether oxygens (including phenoxy) is 1. The molecule has 1 amide bonds. The van der Waals surface area contributed by atoms with E-state index in [-0.39, 0.29) is 5.91 Å². The Morgan fingerprint density at radius 3 is 2.89 bits per heavy atom. The third-order valence-corrected chi connectivity index (χ3v) is 2.82. The Kier molecular flexibility index (Phi) is 3.67. The molecule has 1 heterocycles. The highest BCUT2D eigenvalue weighted by molar-refractivity contribution is 6.05. The van der Waals surface area contributed by atoms with Crippen LogP contribution >= 0.6 is 0 Å². The third kappa shape index (κ3) is 2.53. The molecule has 1 aromatic carbocycles. The van der Waals surface area contributed by atoms with Crippen LogP contribution in [-0.4, -0.2) is 13.0 Å². The topological polar surface area (TPSA) is 50.4 Å². The molecule has 0 unspecified atom stereocenters. The number of carbonyl (C=O) groups is 1. The Morgan fingerprint density at radius 1 is 1.39 bits per heavy atom. The van der Waals surface area contributed by atoms with Crippen molar-refractivity contribution in [2.24, 2.45) is 0 Å². The van der Waals surface area contributed by atoms with E-state index >= 15 is 0 Å². The van der Waals surface area contributed by atoms with Crippen LogP contribution in [0, 0.1) is 0 Å². The number of benzene rings is 1. The normalized spacial score (nSPS) is 14.1. The van der Waals surface area contributed by atoms with Crippen LogP contribution in [0.1, 0.15) is 13.3 Å². The lowest BCUT2D eigenvalue weighted by Gasteiger charge is -2.15. The van der Waals surface area contributed by atoms with Crippen molar-refractivity contribution in [3.05, 3.63) is 47.8 Å². The monoisotopic (exact) mass is 244 g/mol. The molecule has 4 heteroatoms. The largest absolute Gasteiger partial charge is 0.495 e. The summed E-state index contributed by atoms with van der Waals surface area (Å²) in [5, 5.41) is 5.90. The van der Waals surface area contributed by atoms with Crippen molar-refractivity contribution < 1.29 is 9.53 Å². The zero-order valence-corrected chi connectivity index (χ0v) is 10.5. The zero-order chi connectivity index (χ0) is 13.0. The second-order valence-corrected chi connectivity index (χ2v) is 4.01. The number of anilines is 1. The highest BCUT2D eigenvalue weighted by Gasteiger charge is 2.15. The molecule has 0 bridgehead atoms. The highest BCUT2D eigenvalue weighted by Crippen LogP contribution is 2.24. The predicted molar refractivity (Wildman–Crippen MR) is 71.2 cm³/mol. The lowest BCUT2D eigenvalue weighted by atomic mass is 10.1. The average molecular weight is 244 g/mol. The van der Waals surface area contributed by atoms with Crippen LogP contribution in [0.15, 0.2) is 47.8 Å². The minimum Gasteiger partial charge on any atom is -0.495 e. The molecule has 1 aromatic rings. The molecule has 0 saturated carbocycles. The highest BCUT2D eigenvalue weighted by atomic mass is 16.5. The maximum atomic E-state index is 12.1. The average Bonchev–Trinajstić information content (AvgIpc) is 2.39. The van der Waals surface area contributed by atoms with E-state index in [4.69, 9.17) is 4.74 Å². The molecule has 2 N–H and O–H groups in total. The van der Waals surface area contributed by atoms with Gasteiger partial charge in [-0.2, -0.15) is 0 Å². The number of nitrogens with one attached hydrogen (secondary N) is 2. The molecule has 1 aliphatic rings. The number of methoxy groups -OCH3 is 1. The number of carbonyl (C=O) groups excluding carboxylic acids is 1. The molecule has 0 saturated heterocycles. The summed E-state index contributed by atoms with van der Waals surface area (Å²) in [5.41, 5.74) is 2.30. The molecule has 4 nitrogen and oxygen atoms in total. The van der Waals surface area contributed by atoms with Crippen molar-refractivity contribution in [3.8, 4) is 5.75 Å². The maximum Gasteiger partial charge on any atom is 0.253 e.